The Balaban J connectivity index is 2.59. The normalized spacial score (nSPS) is 10.6. The lowest BCUT2D eigenvalue weighted by Crippen LogP contribution is -1.88. The van der Waals surface area contributed by atoms with Crippen LogP contribution in [0, 0.1) is 11.6 Å². The van der Waals surface area contributed by atoms with E-state index in [1.807, 2.05) is 0 Å². The Hall–Kier alpha value is -1.43. The molecule has 0 amide bonds. The number of halogens is 3. The topological polar surface area (TPSA) is 54.7 Å². The maximum absolute atomic E-state index is 13.4. The predicted octanol–water partition coefficient (Wildman–Crippen LogP) is 2.70. The molecule has 0 unspecified atom stereocenters. The van der Waals surface area contributed by atoms with Gasteiger partial charge in [0.2, 0.25) is 0 Å². The molecule has 0 spiro atoms. The molecule has 0 saturated carbocycles. The van der Waals surface area contributed by atoms with Crippen molar-refractivity contribution in [3.8, 4) is 11.3 Å². The Kier molecular flexibility index (Phi) is 2.44. The molecular weight excluding hydrogens is 268 g/mol. The summed E-state index contributed by atoms with van der Waals surface area (Å²) in [5, 5.41) is 5.97. The Labute approximate surface area is 92.4 Å². The van der Waals surface area contributed by atoms with E-state index in [1.54, 1.807) is 0 Å². The summed E-state index contributed by atoms with van der Waals surface area (Å²) in [4.78, 5) is 0. The predicted molar refractivity (Wildman–Crippen MR) is 56.1 cm³/mol. The molecule has 3 N–H and O–H groups in total. The number of hydrogen-bond donors (Lipinski definition) is 2. The molecule has 0 aliphatic heterocycles. The average molecular weight is 274 g/mol. The molecule has 2 aromatic rings. The number of H-pyrrole nitrogens is 1. The molecule has 3 nitrogen and oxygen atoms in total. The second-order valence-electron chi connectivity index (χ2n) is 2.92. The van der Waals surface area contributed by atoms with E-state index in [4.69, 9.17) is 5.73 Å². The van der Waals surface area contributed by atoms with E-state index in [2.05, 4.69) is 26.1 Å². The zero-order chi connectivity index (χ0) is 11.0. The number of hydrogen-bond acceptors (Lipinski definition) is 2. The van der Waals surface area contributed by atoms with Crippen molar-refractivity contribution in [3.63, 3.8) is 0 Å². The van der Waals surface area contributed by atoms with Gasteiger partial charge in [0.05, 0.1) is 0 Å². The fourth-order valence-corrected chi connectivity index (χ4v) is 1.76. The number of nitrogens with zero attached hydrogens (tertiary/aromatic N) is 1. The van der Waals surface area contributed by atoms with Gasteiger partial charge < -0.3 is 5.73 Å². The first-order valence-corrected chi connectivity index (χ1v) is 4.83. The quantitative estimate of drug-likeness (QED) is 0.840. The minimum absolute atomic E-state index is 0.138. The van der Waals surface area contributed by atoms with Crippen LogP contribution in [0.4, 0.5) is 14.6 Å². The van der Waals surface area contributed by atoms with Gasteiger partial charge in [-0.05, 0) is 34.1 Å². The number of rotatable bonds is 1. The van der Waals surface area contributed by atoms with Crippen LogP contribution in [-0.4, -0.2) is 10.2 Å². The molecule has 15 heavy (non-hydrogen) atoms. The van der Waals surface area contributed by atoms with Crippen LogP contribution in [0.1, 0.15) is 0 Å². The summed E-state index contributed by atoms with van der Waals surface area (Å²) in [6, 6.07) is 3.91. The number of nitrogens with two attached hydrogens (primary N) is 1. The number of anilines is 1. The fourth-order valence-electron chi connectivity index (χ4n) is 1.21. The van der Waals surface area contributed by atoms with Crippen molar-refractivity contribution in [2.45, 2.75) is 0 Å². The molecule has 0 bridgehead atoms. The molecule has 2 rings (SSSR count). The van der Waals surface area contributed by atoms with Gasteiger partial charge in [0.1, 0.15) is 11.5 Å². The highest BCUT2D eigenvalue weighted by atomic mass is 79.9. The minimum Gasteiger partial charge on any atom is -0.380 e. The van der Waals surface area contributed by atoms with Crippen molar-refractivity contribution in [2.75, 3.05) is 5.73 Å². The molecule has 1 aromatic carbocycles. The summed E-state index contributed by atoms with van der Waals surface area (Å²) < 4.78 is 26.6. The van der Waals surface area contributed by atoms with Crippen LogP contribution in [0.3, 0.4) is 0 Å². The SMILES string of the molecule is Nc1n[nH]c(-c2ccc(F)cc2Br)c1F. The fraction of sp³-hybridized carbons (Fsp3) is 0. The Morgan fingerprint density at radius 2 is 2.07 bits per heavy atom. The molecule has 0 atom stereocenters. The Morgan fingerprint density at radius 1 is 1.33 bits per heavy atom. The second-order valence-corrected chi connectivity index (χ2v) is 3.78. The molecule has 0 radical (unpaired) electrons. The summed E-state index contributed by atoms with van der Waals surface area (Å²) in [5.74, 6) is -1.25. The monoisotopic (exact) mass is 273 g/mol. The lowest BCUT2D eigenvalue weighted by molar-refractivity contribution is 0.626. The van der Waals surface area contributed by atoms with Gasteiger partial charge in [-0.3, -0.25) is 5.10 Å². The summed E-state index contributed by atoms with van der Waals surface area (Å²) in [6.07, 6.45) is 0. The number of aromatic amines is 1. The summed E-state index contributed by atoms with van der Waals surface area (Å²) >= 11 is 3.13. The summed E-state index contributed by atoms with van der Waals surface area (Å²) in [5.41, 5.74) is 5.86. The molecule has 0 saturated heterocycles. The van der Waals surface area contributed by atoms with E-state index in [0.29, 0.717) is 10.0 Å². The highest BCUT2D eigenvalue weighted by Crippen LogP contribution is 2.30. The van der Waals surface area contributed by atoms with E-state index < -0.39 is 11.6 Å². The molecule has 0 aliphatic rings. The van der Waals surface area contributed by atoms with Crippen LogP contribution in [0.25, 0.3) is 11.3 Å². The van der Waals surface area contributed by atoms with Crippen LogP contribution in [-0.2, 0) is 0 Å². The van der Waals surface area contributed by atoms with Crippen molar-refractivity contribution >= 4 is 21.7 Å². The highest BCUT2D eigenvalue weighted by molar-refractivity contribution is 9.10. The van der Waals surface area contributed by atoms with Crippen LogP contribution in [0.2, 0.25) is 0 Å². The van der Waals surface area contributed by atoms with Crippen LogP contribution in [0.5, 0.6) is 0 Å². The smallest absolute Gasteiger partial charge is 0.192 e. The van der Waals surface area contributed by atoms with Crippen molar-refractivity contribution in [1.29, 1.82) is 0 Å². The number of aromatic nitrogens is 2. The highest BCUT2D eigenvalue weighted by Gasteiger charge is 2.14. The zero-order valence-corrected chi connectivity index (χ0v) is 8.98. The van der Waals surface area contributed by atoms with Gasteiger partial charge in [-0.2, -0.15) is 5.10 Å². The van der Waals surface area contributed by atoms with Gasteiger partial charge in [0.15, 0.2) is 11.6 Å². The largest absolute Gasteiger partial charge is 0.380 e. The second kappa shape index (κ2) is 3.62. The minimum atomic E-state index is -0.637. The molecular formula is C9H6BrF2N3. The van der Waals surface area contributed by atoms with Crippen LogP contribution in [0.15, 0.2) is 22.7 Å². The molecule has 78 valence electrons. The van der Waals surface area contributed by atoms with Crippen molar-refractivity contribution in [1.82, 2.24) is 10.2 Å². The van der Waals surface area contributed by atoms with Crippen molar-refractivity contribution in [2.24, 2.45) is 0 Å². The number of nitrogen functional groups attached to an aromatic ring is 1. The lowest BCUT2D eigenvalue weighted by atomic mass is 10.1. The number of nitrogens with one attached hydrogen (secondary N) is 1. The van der Waals surface area contributed by atoms with Gasteiger partial charge in [-0.1, -0.05) is 0 Å². The Bertz CT molecular complexity index is 510. The maximum Gasteiger partial charge on any atom is 0.192 e. The van der Waals surface area contributed by atoms with Crippen molar-refractivity contribution < 1.29 is 8.78 Å². The first-order valence-electron chi connectivity index (χ1n) is 4.04. The van der Waals surface area contributed by atoms with Crippen LogP contribution < -0.4 is 5.73 Å². The third kappa shape index (κ3) is 1.72. The van der Waals surface area contributed by atoms with E-state index in [9.17, 15) is 8.78 Å². The zero-order valence-electron chi connectivity index (χ0n) is 7.39. The van der Waals surface area contributed by atoms with E-state index >= 15 is 0 Å². The first-order chi connectivity index (χ1) is 7.09. The summed E-state index contributed by atoms with van der Waals surface area (Å²) in [6.45, 7) is 0. The number of benzene rings is 1. The lowest BCUT2D eigenvalue weighted by Gasteiger charge is -2.01. The van der Waals surface area contributed by atoms with Gasteiger partial charge in [-0.15, -0.1) is 0 Å². The molecule has 1 heterocycles. The molecule has 6 heteroatoms. The third-order valence-corrected chi connectivity index (χ3v) is 2.59. The van der Waals surface area contributed by atoms with Crippen molar-refractivity contribution in [3.05, 3.63) is 34.3 Å². The maximum atomic E-state index is 13.4. The van der Waals surface area contributed by atoms with E-state index in [0.717, 1.165) is 0 Å². The van der Waals surface area contributed by atoms with Gasteiger partial charge in [0.25, 0.3) is 0 Å². The molecule has 1 aromatic heterocycles. The van der Waals surface area contributed by atoms with Crippen LogP contribution >= 0.6 is 15.9 Å². The Morgan fingerprint density at radius 3 is 2.60 bits per heavy atom. The first kappa shape index (κ1) is 10.1. The molecule has 0 aliphatic carbocycles. The third-order valence-electron chi connectivity index (χ3n) is 1.93. The standard InChI is InChI=1S/C9H6BrF2N3/c10-6-3-4(11)1-2-5(6)8-7(12)9(13)15-14-8/h1-3H,(H3,13,14,15). The van der Waals surface area contributed by atoms with Gasteiger partial charge >= 0.3 is 0 Å². The average Bonchev–Trinajstić information content (AvgIpc) is 2.49. The van der Waals surface area contributed by atoms with E-state index in [-0.39, 0.29) is 11.5 Å². The van der Waals surface area contributed by atoms with Gasteiger partial charge in [0, 0.05) is 10.0 Å². The van der Waals surface area contributed by atoms with E-state index in [1.165, 1.54) is 18.2 Å². The summed E-state index contributed by atoms with van der Waals surface area (Å²) in [7, 11) is 0. The molecule has 0 fully saturated rings. The van der Waals surface area contributed by atoms with Gasteiger partial charge in [-0.25, -0.2) is 8.78 Å².